The fourth-order valence-electron chi connectivity index (χ4n) is 1.79. The van der Waals surface area contributed by atoms with Crippen molar-refractivity contribution in [3.8, 4) is 17.2 Å². The van der Waals surface area contributed by atoms with Crippen molar-refractivity contribution in [1.82, 2.24) is 0 Å². The van der Waals surface area contributed by atoms with Crippen LogP contribution in [0.25, 0.3) is 0 Å². The van der Waals surface area contributed by atoms with Crippen LogP contribution in [0.2, 0.25) is 0 Å². The third-order valence-electron chi connectivity index (χ3n) is 2.61. The maximum atomic E-state index is 10.9. The lowest BCUT2D eigenvalue weighted by atomic mass is 10.0. The van der Waals surface area contributed by atoms with Gasteiger partial charge in [-0.1, -0.05) is 0 Å². The van der Waals surface area contributed by atoms with Crippen LogP contribution in [0.4, 0.5) is 0 Å². The number of hydrogen-bond acceptors (Lipinski definition) is 5. The second kappa shape index (κ2) is 5.59. The highest BCUT2D eigenvalue weighted by atomic mass is 16.5. The average molecular weight is 256 g/mol. The molecule has 1 atom stereocenters. The Labute approximate surface area is 105 Å². The SMILES string of the molecule is COc1cc([C@@H](O)C(=O)O)c(OC)c(C)c1OC. The van der Waals surface area contributed by atoms with Gasteiger partial charge in [-0.05, 0) is 13.0 Å². The summed E-state index contributed by atoms with van der Waals surface area (Å²) in [5.41, 5.74) is 0.690. The van der Waals surface area contributed by atoms with Gasteiger partial charge in [0.25, 0.3) is 0 Å². The number of carboxylic acid groups (broad SMARTS) is 1. The van der Waals surface area contributed by atoms with Crippen LogP contribution >= 0.6 is 0 Å². The predicted octanol–water partition coefficient (Wildman–Crippen LogP) is 1.14. The van der Waals surface area contributed by atoms with E-state index in [2.05, 4.69) is 0 Å². The first kappa shape index (κ1) is 14.1. The summed E-state index contributed by atoms with van der Waals surface area (Å²) >= 11 is 0. The van der Waals surface area contributed by atoms with Crippen LogP contribution in [-0.4, -0.2) is 37.5 Å². The molecule has 0 bridgehead atoms. The van der Waals surface area contributed by atoms with Crippen molar-refractivity contribution in [2.24, 2.45) is 0 Å². The first-order chi connectivity index (χ1) is 8.47. The Morgan fingerprint density at radius 1 is 1.17 bits per heavy atom. The van der Waals surface area contributed by atoms with Crippen LogP contribution < -0.4 is 14.2 Å². The van der Waals surface area contributed by atoms with Crippen molar-refractivity contribution in [1.29, 1.82) is 0 Å². The van der Waals surface area contributed by atoms with Crippen molar-refractivity contribution in [2.45, 2.75) is 13.0 Å². The Balaban J connectivity index is 3.51. The molecule has 0 fully saturated rings. The van der Waals surface area contributed by atoms with Gasteiger partial charge < -0.3 is 24.4 Å². The smallest absolute Gasteiger partial charge is 0.337 e. The summed E-state index contributed by atoms with van der Waals surface area (Å²) in [6.07, 6.45) is -1.68. The molecule has 0 saturated heterocycles. The minimum absolute atomic E-state index is 0.125. The van der Waals surface area contributed by atoms with E-state index in [-0.39, 0.29) is 11.3 Å². The molecule has 1 rings (SSSR count). The standard InChI is InChI=1S/C12H16O6/c1-6-10(17-3)7(9(13)12(14)15)5-8(16-2)11(6)18-4/h5,9,13H,1-4H3,(H,14,15)/t9-/m1/s1. The maximum absolute atomic E-state index is 10.9. The Morgan fingerprint density at radius 3 is 2.11 bits per heavy atom. The van der Waals surface area contributed by atoms with Gasteiger partial charge in [0.15, 0.2) is 17.6 Å². The van der Waals surface area contributed by atoms with Crippen molar-refractivity contribution >= 4 is 5.97 Å². The molecule has 100 valence electrons. The second-order valence-electron chi connectivity index (χ2n) is 3.60. The minimum Gasteiger partial charge on any atom is -0.496 e. The van der Waals surface area contributed by atoms with E-state index in [1.165, 1.54) is 27.4 Å². The molecular formula is C12H16O6. The Bertz CT molecular complexity index is 454. The third-order valence-corrected chi connectivity index (χ3v) is 2.61. The Morgan fingerprint density at radius 2 is 1.72 bits per heavy atom. The molecule has 0 amide bonds. The monoisotopic (exact) mass is 256 g/mol. The summed E-state index contributed by atoms with van der Waals surface area (Å²) < 4.78 is 15.4. The van der Waals surface area contributed by atoms with Gasteiger partial charge >= 0.3 is 5.97 Å². The molecule has 0 radical (unpaired) electrons. The predicted molar refractivity (Wildman–Crippen MR) is 63.4 cm³/mol. The number of aliphatic hydroxyl groups is 1. The molecule has 0 spiro atoms. The lowest BCUT2D eigenvalue weighted by molar-refractivity contribution is -0.147. The second-order valence-corrected chi connectivity index (χ2v) is 3.60. The molecule has 0 heterocycles. The molecule has 0 aliphatic rings. The molecule has 0 unspecified atom stereocenters. The quantitative estimate of drug-likeness (QED) is 0.821. The van der Waals surface area contributed by atoms with Gasteiger partial charge in [0.05, 0.1) is 21.3 Å². The lowest BCUT2D eigenvalue weighted by Gasteiger charge is -2.18. The summed E-state index contributed by atoms with van der Waals surface area (Å²) in [6.45, 7) is 1.69. The minimum atomic E-state index is -1.68. The molecule has 1 aromatic carbocycles. The number of methoxy groups -OCH3 is 3. The highest BCUT2D eigenvalue weighted by molar-refractivity contribution is 5.76. The summed E-state index contributed by atoms with van der Waals surface area (Å²) in [5, 5.41) is 18.5. The highest BCUT2D eigenvalue weighted by Crippen LogP contribution is 2.41. The van der Waals surface area contributed by atoms with Crippen molar-refractivity contribution in [2.75, 3.05) is 21.3 Å². The average Bonchev–Trinajstić information content (AvgIpc) is 2.36. The Kier molecular flexibility index (Phi) is 4.38. The van der Waals surface area contributed by atoms with Gasteiger partial charge in [-0.15, -0.1) is 0 Å². The first-order valence-electron chi connectivity index (χ1n) is 5.18. The number of carboxylic acids is 1. The highest BCUT2D eigenvalue weighted by Gasteiger charge is 2.25. The molecular weight excluding hydrogens is 240 g/mol. The van der Waals surface area contributed by atoms with E-state index in [0.717, 1.165) is 0 Å². The molecule has 2 N–H and O–H groups in total. The van der Waals surface area contributed by atoms with E-state index >= 15 is 0 Å². The van der Waals surface area contributed by atoms with Gasteiger partial charge in [-0.3, -0.25) is 0 Å². The van der Waals surface area contributed by atoms with Crippen molar-refractivity contribution in [3.05, 3.63) is 17.2 Å². The summed E-state index contributed by atoms with van der Waals surface area (Å²) in [5.74, 6) is -0.316. The number of rotatable bonds is 5. The van der Waals surface area contributed by atoms with Crippen molar-refractivity contribution in [3.63, 3.8) is 0 Å². The zero-order valence-electron chi connectivity index (χ0n) is 10.7. The zero-order valence-corrected chi connectivity index (χ0v) is 10.7. The van der Waals surface area contributed by atoms with E-state index in [0.29, 0.717) is 17.1 Å². The molecule has 0 saturated carbocycles. The number of aliphatic hydroxyl groups excluding tert-OH is 1. The van der Waals surface area contributed by atoms with E-state index < -0.39 is 12.1 Å². The van der Waals surface area contributed by atoms with Gasteiger partial charge in [-0.2, -0.15) is 0 Å². The van der Waals surface area contributed by atoms with Crippen LogP contribution in [0.3, 0.4) is 0 Å². The first-order valence-corrected chi connectivity index (χ1v) is 5.18. The number of aliphatic carboxylic acids is 1. The number of benzene rings is 1. The van der Waals surface area contributed by atoms with Crippen LogP contribution in [-0.2, 0) is 4.79 Å². The topological polar surface area (TPSA) is 85.2 Å². The van der Waals surface area contributed by atoms with Crippen molar-refractivity contribution < 1.29 is 29.2 Å². The largest absolute Gasteiger partial charge is 0.496 e. The van der Waals surface area contributed by atoms with Gasteiger partial charge in [0.1, 0.15) is 5.75 Å². The third kappa shape index (κ3) is 2.33. The van der Waals surface area contributed by atoms with E-state index in [4.69, 9.17) is 19.3 Å². The van der Waals surface area contributed by atoms with E-state index in [1.807, 2.05) is 0 Å². The fourth-order valence-corrected chi connectivity index (χ4v) is 1.79. The summed E-state index contributed by atoms with van der Waals surface area (Å²) in [7, 11) is 4.30. The van der Waals surface area contributed by atoms with E-state index in [9.17, 15) is 9.90 Å². The normalized spacial score (nSPS) is 11.8. The van der Waals surface area contributed by atoms with Crippen LogP contribution in [0, 0.1) is 6.92 Å². The lowest BCUT2D eigenvalue weighted by Crippen LogP contribution is -2.13. The molecule has 0 aliphatic carbocycles. The molecule has 6 nitrogen and oxygen atoms in total. The zero-order chi connectivity index (χ0) is 13.9. The molecule has 0 aliphatic heterocycles. The van der Waals surface area contributed by atoms with Gasteiger partial charge in [0.2, 0.25) is 0 Å². The number of carbonyl (C=O) groups is 1. The van der Waals surface area contributed by atoms with Crippen LogP contribution in [0.15, 0.2) is 6.07 Å². The van der Waals surface area contributed by atoms with E-state index in [1.54, 1.807) is 6.92 Å². The molecule has 18 heavy (non-hydrogen) atoms. The summed E-state index contributed by atoms with van der Waals surface area (Å²) in [6, 6.07) is 1.39. The number of ether oxygens (including phenoxy) is 3. The maximum Gasteiger partial charge on any atom is 0.337 e. The Hall–Kier alpha value is -1.95. The van der Waals surface area contributed by atoms with Gasteiger partial charge in [-0.25, -0.2) is 4.79 Å². The van der Waals surface area contributed by atoms with Crippen LogP contribution in [0.5, 0.6) is 17.2 Å². The van der Waals surface area contributed by atoms with Crippen LogP contribution in [0.1, 0.15) is 17.2 Å². The summed E-state index contributed by atoms with van der Waals surface area (Å²) in [4.78, 5) is 10.9. The molecule has 1 aromatic rings. The number of hydrogen-bond donors (Lipinski definition) is 2. The van der Waals surface area contributed by atoms with Gasteiger partial charge in [0, 0.05) is 11.1 Å². The molecule has 6 heteroatoms. The fraction of sp³-hybridized carbons (Fsp3) is 0.417. The molecule has 0 aromatic heterocycles.